The van der Waals surface area contributed by atoms with E-state index in [4.69, 9.17) is 0 Å². The van der Waals surface area contributed by atoms with Gasteiger partial charge in [-0.1, -0.05) is 57.5 Å². The number of nitrogens with one attached hydrogen (secondary N) is 12. The van der Waals surface area contributed by atoms with Crippen LogP contribution in [0.2, 0.25) is 0 Å². The number of aromatic amines is 1. The first-order valence-electron chi connectivity index (χ1n) is 28.9. The first-order valence-corrected chi connectivity index (χ1v) is 30.6. The van der Waals surface area contributed by atoms with Crippen molar-refractivity contribution < 1.29 is 72.5 Å². The molecule has 0 aliphatic carbocycles. The molecule has 1 aromatic heterocycles. The molecule has 4 heterocycles. The predicted octanol–water partition coefficient (Wildman–Crippen LogP) is -3.10. The zero-order chi connectivity index (χ0) is 64.4. The number of carbonyl (C=O) groups excluding carboxylic acids is 13. The summed E-state index contributed by atoms with van der Waals surface area (Å²) in [5.74, 6) is -10.7. The van der Waals surface area contributed by atoms with Crippen molar-refractivity contribution in [1.29, 1.82) is 0 Å². The number of aliphatic hydroxyl groups excluding tert-OH is 2. The van der Waals surface area contributed by atoms with Gasteiger partial charge in [0.2, 0.25) is 76.8 Å². The number of thioether (sulfide) groups is 1. The van der Waals surface area contributed by atoms with E-state index in [-0.39, 0.29) is 45.3 Å². The van der Waals surface area contributed by atoms with E-state index >= 15 is 0 Å². The second-order valence-corrected chi connectivity index (χ2v) is 23.2. The van der Waals surface area contributed by atoms with Gasteiger partial charge < -0.3 is 73.3 Å². The number of aromatic nitrogens is 1. The number of aliphatic hydroxyl groups is 2. The van der Waals surface area contributed by atoms with Gasteiger partial charge in [-0.25, -0.2) is 0 Å². The van der Waals surface area contributed by atoms with Gasteiger partial charge in [0.15, 0.2) is 0 Å². The summed E-state index contributed by atoms with van der Waals surface area (Å²) in [4.78, 5) is 179. The van der Waals surface area contributed by atoms with E-state index < -0.39 is 176 Å². The Bertz CT molecular complexity index is 3090. The van der Waals surface area contributed by atoms with Crippen LogP contribution in [0.5, 0.6) is 0 Å². The Labute approximate surface area is 517 Å². The third kappa shape index (κ3) is 19.2. The van der Waals surface area contributed by atoms with Gasteiger partial charge in [-0.15, -0.1) is 11.8 Å². The minimum atomic E-state index is -1.58. The largest absolute Gasteiger partial charge is 0.394 e. The Hall–Kier alpha value is -8.13. The van der Waals surface area contributed by atoms with Gasteiger partial charge in [-0.2, -0.15) is 12.6 Å². The van der Waals surface area contributed by atoms with E-state index in [1.54, 1.807) is 26.0 Å². The smallest absolute Gasteiger partial charge is 0.246 e. The number of rotatable bonds is 20. The minimum absolute atomic E-state index is 0.0631. The number of anilines is 1. The zero-order valence-electron chi connectivity index (χ0n) is 49.5. The Kier molecular flexibility index (Phi) is 25.7. The maximum atomic E-state index is 14.8. The highest BCUT2D eigenvalue weighted by Crippen LogP contribution is 2.30. The van der Waals surface area contributed by atoms with E-state index in [1.165, 1.54) is 42.6 Å². The van der Waals surface area contributed by atoms with Crippen LogP contribution in [0.15, 0.2) is 53.6 Å². The number of hydrogen-bond acceptors (Lipinski definition) is 18. The van der Waals surface area contributed by atoms with Crippen LogP contribution in [0.1, 0.15) is 77.3 Å². The second-order valence-electron chi connectivity index (χ2n) is 21.7. The second kappa shape index (κ2) is 32.7. The van der Waals surface area contributed by atoms with E-state index in [0.717, 1.165) is 15.8 Å². The molecule has 13 amide bonds. The summed E-state index contributed by atoms with van der Waals surface area (Å²) in [6.45, 7) is 2.95. The Morgan fingerprint density at radius 2 is 1.45 bits per heavy atom. The monoisotopic (exact) mass is 1260 g/mol. The molecular formula is C57H78N14O15S2. The average molecular weight is 1260 g/mol. The summed E-state index contributed by atoms with van der Waals surface area (Å²) in [5.41, 5.74) is 2.27. The summed E-state index contributed by atoms with van der Waals surface area (Å²) in [5, 5.41) is 50.6. The molecule has 0 saturated carbocycles. The molecule has 0 bridgehead atoms. The number of nitrogens with zero attached hydrogens (tertiary/aromatic N) is 2. The van der Waals surface area contributed by atoms with Crippen LogP contribution >= 0.6 is 24.4 Å². The lowest BCUT2D eigenvalue weighted by Gasteiger charge is -2.35. The van der Waals surface area contributed by atoms with Gasteiger partial charge >= 0.3 is 0 Å². The molecule has 3 fully saturated rings. The lowest BCUT2D eigenvalue weighted by atomic mass is 9.94. The fourth-order valence-electron chi connectivity index (χ4n) is 10.0. The normalized spacial score (nSPS) is 22.6. The van der Waals surface area contributed by atoms with Crippen LogP contribution in [0, 0.1) is 11.8 Å². The summed E-state index contributed by atoms with van der Waals surface area (Å²) in [6, 6.07) is 6.94. The quantitative estimate of drug-likeness (QED) is 0.0303. The van der Waals surface area contributed by atoms with Crippen molar-refractivity contribution in [3.05, 3.63) is 59.7 Å². The molecular weight excluding hydrogens is 1180 g/mol. The molecule has 10 atom stereocenters. The Morgan fingerprint density at radius 3 is 2.14 bits per heavy atom. The number of hydrogen-bond donors (Lipinski definition) is 15. The molecule has 3 saturated heterocycles. The average Bonchev–Trinajstić information content (AvgIpc) is 3.15. The lowest BCUT2D eigenvalue weighted by Crippen LogP contribution is -2.62. The maximum Gasteiger partial charge on any atom is 0.246 e. The number of likely N-dealkylation sites (tertiary alicyclic amines) is 1. The zero-order valence-corrected chi connectivity index (χ0v) is 51.2. The number of benzene rings is 2. The standard InChI is InChI=1S/C57H78N14O15S2/c1-6-29(2)49-53(83)62-24-44(76)60-26-46(78)65-38(21-43(75)58-23-32-13-15-33(16-14-32)64-51(81)31(4)63-45(77)25-59-42(74)17-19-71-48(80)22-40(87)57(71)86)56(85)70-18-9-12-41(70)68-50(30(3)39(73)28-72)54(84)66-37(52(82)61-27-47(79)69-49)20-35-34-10-7-8-11-36(34)67-55(35)88-5/h7-8,10-11,13-16,29-31,37-41,49-50,67-68,72-73,87H,6,9,12,17-28H2,1-5H3,(H,58,75)(H,59,74)(H,60,76)(H,61,82)(H,62,83)(H,63,77)(H,64,81)(H,65,78)(H,66,84)(H,69,79)/t29-,30-,31-,37-,38-,39-,40?,41?,49-,50-/m0/s1. The van der Waals surface area contributed by atoms with Crippen LogP contribution in [0.3, 0.4) is 0 Å². The molecule has 3 aliphatic heterocycles. The molecule has 88 heavy (non-hydrogen) atoms. The van der Waals surface area contributed by atoms with Gasteiger partial charge in [-0.05, 0) is 61.3 Å². The third-order valence-electron chi connectivity index (χ3n) is 15.4. The number of carbonyl (C=O) groups is 13. The number of amides is 13. The van der Waals surface area contributed by atoms with E-state index in [1.807, 2.05) is 30.5 Å². The number of fused-ring (bicyclic) bond motifs is 2. The topological polar surface area (TPSA) is 417 Å². The molecule has 3 aromatic rings. The SMILES string of the molecule is CC[C@H](C)[C@@H]1NC(=O)CNC(=O)[C@H](Cc2c(SC)[nH]c3ccccc23)NC(=O)[C@H]([C@@H](C)[C@@H](O)CO)NC2CCCN2C(=O)[C@H](CC(=O)NCc2ccc(NC(=O)[C@H](C)NC(=O)CNC(=O)CCN3C(=O)CC(S)C3=O)cc2)NC(=O)CNC(=O)CNC1=O. The first-order chi connectivity index (χ1) is 41.9. The maximum absolute atomic E-state index is 14.8. The molecule has 29 nitrogen and oxygen atoms in total. The van der Waals surface area contributed by atoms with Gasteiger partial charge in [0, 0.05) is 61.4 Å². The fraction of sp³-hybridized carbons (Fsp3) is 0.526. The van der Waals surface area contributed by atoms with Crippen molar-refractivity contribution in [2.45, 2.75) is 132 Å². The summed E-state index contributed by atoms with van der Waals surface area (Å²) in [6.07, 6.45) is -0.683. The minimum Gasteiger partial charge on any atom is -0.394 e. The molecule has 2 aromatic carbocycles. The van der Waals surface area contributed by atoms with Crippen molar-refractivity contribution >= 4 is 118 Å². The molecule has 31 heteroatoms. The highest BCUT2D eigenvalue weighted by Gasteiger charge is 2.41. The first kappa shape index (κ1) is 69.0. The van der Waals surface area contributed by atoms with E-state index in [2.05, 4.69) is 76.1 Å². The van der Waals surface area contributed by atoms with Crippen molar-refractivity contribution in [2.75, 3.05) is 57.4 Å². The van der Waals surface area contributed by atoms with Gasteiger partial charge in [0.25, 0.3) is 0 Å². The highest BCUT2D eigenvalue weighted by molar-refractivity contribution is 7.98. The number of imide groups is 1. The predicted molar refractivity (Wildman–Crippen MR) is 323 cm³/mol. The molecule has 478 valence electrons. The summed E-state index contributed by atoms with van der Waals surface area (Å²) >= 11 is 5.41. The van der Waals surface area contributed by atoms with Gasteiger partial charge in [0.05, 0.1) is 67.8 Å². The Morgan fingerprint density at radius 1 is 0.773 bits per heavy atom. The highest BCUT2D eigenvalue weighted by atomic mass is 32.2. The van der Waals surface area contributed by atoms with Crippen LogP contribution in [-0.4, -0.2) is 202 Å². The fourth-order valence-corrected chi connectivity index (χ4v) is 11.0. The Balaban J connectivity index is 1.16. The van der Waals surface area contributed by atoms with Crippen molar-refractivity contribution in [3.63, 3.8) is 0 Å². The summed E-state index contributed by atoms with van der Waals surface area (Å²) < 4.78 is 0. The number of para-hydroxylation sites is 1. The van der Waals surface area contributed by atoms with Gasteiger partial charge in [-0.3, -0.25) is 72.5 Å². The van der Waals surface area contributed by atoms with Gasteiger partial charge in [0.1, 0.15) is 24.2 Å². The third-order valence-corrected chi connectivity index (χ3v) is 16.5. The summed E-state index contributed by atoms with van der Waals surface area (Å²) in [7, 11) is 0. The van der Waals surface area contributed by atoms with Crippen LogP contribution < -0.4 is 58.5 Å². The number of thiol groups is 1. The molecule has 2 unspecified atom stereocenters. The van der Waals surface area contributed by atoms with Crippen molar-refractivity contribution in [2.24, 2.45) is 11.8 Å². The number of H-pyrrole nitrogens is 1. The van der Waals surface area contributed by atoms with E-state index in [9.17, 15) is 72.5 Å². The van der Waals surface area contributed by atoms with Crippen molar-refractivity contribution in [3.8, 4) is 0 Å². The lowest BCUT2D eigenvalue weighted by molar-refractivity contribution is -0.140. The van der Waals surface area contributed by atoms with Crippen LogP contribution in [0.25, 0.3) is 10.9 Å². The van der Waals surface area contributed by atoms with Crippen LogP contribution in [0.4, 0.5) is 5.69 Å². The molecule has 0 spiro atoms. The molecule has 0 radical (unpaired) electrons. The van der Waals surface area contributed by atoms with Crippen LogP contribution in [-0.2, 0) is 75.3 Å². The van der Waals surface area contributed by atoms with E-state index in [0.29, 0.717) is 34.7 Å². The molecule has 14 N–H and O–H groups in total. The van der Waals surface area contributed by atoms with Crippen molar-refractivity contribution in [1.82, 2.24) is 68.0 Å². The molecule has 3 aliphatic rings. The molecule has 6 rings (SSSR count).